The van der Waals surface area contributed by atoms with Crippen molar-refractivity contribution in [2.75, 3.05) is 30.5 Å². The normalized spacial score (nSPS) is 14.3. The Hall–Kier alpha value is -4.93. The third kappa shape index (κ3) is 7.14. The lowest BCUT2D eigenvalue weighted by Crippen LogP contribution is -2.41. The Morgan fingerprint density at radius 3 is 2.35 bits per heavy atom. The first kappa shape index (κ1) is 32.5. The van der Waals surface area contributed by atoms with Gasteiger partial charge in [0.05, 0.1) is 56.6 Å². The summed E-state index contributed by atoms with van der Waals surface area (Å²) in [5, 5.41) is 10.9. The van der Waals surface area contributed by atoms with Crippen molar-refractivity contribution in [3.63, 3.8) is 0 Å². The molecule has 4 heterocycles. The molecule has 1 aromatic carbocycles. The van der Waals surface area contributed by atoms with Crippen LogP contribution in [0, 0.1) is 0 Å². The third-order valence-corrected chi connectivity index (χ3v) is 7.02. The van der Waals surface area contributed by atoms with Crippen LogP contribution in [-0.2, 0) is 36.8 Å². The van der Waals surface area contributed by atoms with Crippen molar-refractivity contribution in [1.82, 2.24) is 24.5 Å². The standard InChI is InChI=1S/C29H27F6N7O4/c1-17(38-22-13-37-42(27(44)25(22)29(33,34)35)14-18-3-6-21(45-2)7-4-18)15-46-16-20-11-23-26(43)40(9-10-41(23)39-20)24-8-5-19(12-36-24)28(30,31)32/h3-8,11-13,17,38H,9-10,14-16H2,1-2H3/t17-/m0/s1. The largest absolute Gasteiger partial charge is 0.497 e. The highest BCUT2D eigenvalue weighted by atomic mass is 19.4. The molecule has 5 rings (SSSR count). The lowest BCUT2D eigenvalue weighted by atomic mass is 10.2. The molecule has 0 saturated carbocycles. The number of nitrogens with zero attached hydrogens (tertiary/aromatic N) is 6. The monoisotopic (exact) mass is 651 g/mol. The Bertz CT molecular complexity index is 1750. The zero-order valence-corrected chi connectivity index (χ0v) is 24.4. The highest BCUT2D eigenvalue weighted by Crippen LogP contribution is 2.32. The van der Waals surface area contributed by atoms with Gasteiger partial charge in [-0.15, -0.1) is 0 Å². The summed E-state index contributed by atoms with van der Waals surface area (Å²) in [6.45, 7) is 1.57. The number of aromatic nitrogens is 5. The lowest BCUT2D eigenvalue weighted by Gasteiger charge is -2.26. The van der Waals surface area contributed by atoms with Crippen LogP contribution in [0.1, 0.15) is 39.8 Å². The van der Waals surface area contributed by atoms with Gasteiger partial charge < -0.3 is 14.8 Å². The van der Waals surface area contributed by atoms with E-state index >= 15 is 0 Å². The number of hydrogen-bond acceptors (Lipinski definition) is 8. The number of carbonyl (C=O) groups excluding carboxylic acids is 1. The summed E-state index contributed by atoms with van der Waals surface area (Å²) in [5.74, 6) is 0.100. The van der Waals surface area contributed by atoms with Crippen molar-refractivity contribution < 1.29 is 40.6 Å². The predicted molar refractivity (Wildman–Crippen MR) is 151 cm³/mol. The Labute approximate surface area is 257 Å². The first-order valence-electron chi connectivity index (χ1n) is 13.8. The molecule has 1 N–H and O–H groups in total. The highest BCUT2D eigenvalue weighted by molar-refractivity contribution is 6.05. The second-order valence-electron chi connectivity index (χ2n) is 10.4. The molecule has 17 heteroatoms. The molecular weight excluding hydrogens is 624 g/mol. The van der Waals surface area contributed by atoms with Crippen LogP contribution >= 0.6 is 0 Å². The Kier molecular flexibility index (Phi) is 9.05. The first-order chi connectivity index (χ1) is 21.7. The van der Waals surface area contributed by atoms with Crippen LogP contribution < -0.4 is 20.5 Å². The molecule has 11 nitrogen and oxygen atoms in total. The summed E-state index contributed by atoms with van der Waals surface area (Å²) in [6, 6.07) is 9.20. The van der Waals surface area contributed by atoms with E-state index in [1.165, 1.54) is 22.8 Å². The van der Waals surface area contributed by atoms with Crippen LogP contribution in [0.2, 0.25) is 0 Å². The van der Waals surface area contributed by atoms with Gasteiger partial charge in [-0.05, 0) is 42.8 Å². The second kappa shape index (κ2) is 12.8. The van der Waals surface area contributed by atoms with Crippen LogP contribution in [0.3, 0.4) is 0 Å². The third-order valence-electron chi connectivity index (χ3n) is 7.02. The quantitative estimate of drug-likeness (QED) is 0.248. The fourth-order valence-electron chi connectivity index (χ4n) is 4.79. The van der Waals surface area contributed by atoms with E-state index in [0.717, 1.165) is 23.0 Å². The average Bonchev–Trinajstić information content (AvgIpc) is 3.42. The molecule has 0 saturated heterocycles. The van der Waals surface area contributed by atoms with Gasteiger partial charge in [0.15, 0.2) is 0 Å². The zero-order valence-electron chi connectivity index (χ0n) is 24.4. The number of benzene rings is 1. The van der Waals surface area contributed by atoms with Crippen LogP contribution in [0.4, 0.5) is 37.8 Å². The number of methoxy groups -OCH3 is 1. The summed E-state index contributed by atoms with van der Waals surface area (Å²) < 4.78 is 93.4. The Morgan fingerprint density at radius 1 is 0.978 bits per heavy atom. The van der Waals surface area contributed by atoms with E-state index in [2.05, 4.69) is 20.5 Å². The van der Waals surface area contributed by atoms with Gasteiger partial charge in [-0.1, -0.05) is 12.1 Å². The minimum absolute atomic E-state index is 0.0595. The number of amides is 1. The fraction of sp³-hybridized carbons (Fsp3) is 0.345. The molecule has 0 bridgehead atoms. The van der Waals surface area contributed by atoms with Crippen molar-refractivity contribution in [3.05, 3.63) is 93.3 Å². The van der Waals surface area contributed by atoms with E-state index in [0.29, 0.717) is 23.2 Å². The summed E-state index contributed by atoms with van der Waals surface area (Å²) in [4.78, 5) is 30.9. The number of fused-ring (bicyclic) bond motifs is 1. The Morgan fingerprint density at radius 2 is 1.72 bits per heavy atom. The van der Waals surface area contributed by atoms with E-state index < -0.39 is 46.7 Å². The number of carbonyl (C=O) groups is 1. The van der Waals surface area contributed by atoms with Gasteiger partial charge in [0.2, 0.25) is 0 Å². The number of hydrogen-bond donors (Lipinski definition) is 1. The van der Waals surface area contributed by atoms with Gasteiger partial charge in [-0.25, -0.2) is 9.67 Å². The van der Waals surface area contributed by atoms with Crippen LogP contribution in [0.15, 0.2) is 59.7 Å². The van der Waals surface area contributed by atoms with Gasteiger partial charge in [-0.2, -0.15) is 36.5 Å². The molecule has 3 aromatic heterocycles. The smallest absolute Gasteiger partial charge is 0.423 e. The van der Waals surface area contributed by atoms with Crippen molar-refractivity contribution in [2.24, 2.45) is 0 Å². The number of nitrogens with one attached hydrogen (secondary N) is 1. The molecule has 46 heavy (non-hydrogen) atoms. The number of ether oxygens (including phenoxy) is 2. The lowest BCUT2D eigenvalue weighted by molar-refractivity contribution is -0.139. The van der Waals surface area contributed by atoms with Crippen molar-refractivity contribution in [1.29, 1.82) is 0 Å². The van der Waals surface area contributed by atoms with Crippen LogP contribution in [-0.4, -0.2) is 56.8 Å². The summed E-state index contributed by atoms with van der Waals surface area (Å²) in [7, 11) is 1.48. The van der Waals surface area contributed by atoms with E-state index in [4.69, 9.17) is 9.47 Å². The zero-order chi connectivity index (χ0) is 33.2. The molecular formula is C29H27F6N7O4. The average molecular weight is 652 g/mol. The molecule has 1 aliphatic heterocycles. The maximum atomic E-state index is 14.0. The molecule has 0 spiro atoms. The molecule has 4 aromatic rings. The van der Waals surface area contributed by atoms with Crippen molar-refractivity contribution in [2.45, 2.75) is 45.0 Å². The molecule has 0 fully saturated rings. The summed E-state index contributed by atoms with van der Waals surface area (Å²) >= 11 is 0. The minimum atomic E-state index is -4.96. The van der Waals surface area contributed by atoms with Crippen molar-refractivity contribution >= 4 is 17.4 Å². The Balaban J connectivity index is 1.20. The van der Waals surface area contributed by atoms with Gasteiger partial charge >= 0.3 is 12.4 Å². The molecule has 244 valence electrons. The van der Waals surface area contributed by atoms with Gasteiger partial charge in [-0.3, -0.25) is 19.2 Å². The number of alkyl halides is 6. The number of rotatable bonds is 10. The summed E-state index contributed by atoms with van der Waals surface area (Å²) in [5.41, 5.74) is -3.05. The second-order valence-corrected chi connectivity index (χ2v) is 10.4. The molecule has 1 atom stereocenters. The van der Waals surface area contributed by atoms with E-state index in [1.807, 2.05) is 0 Å². The SMILES string of the molecule is COc1ccc(Cn2ncc(N[C@@H](C)COCc3cc4n(n3)CCN(c3ccc(C(F)(F)F)cn3)C4=O)c(C(F)(F)F)c2=O)cc1. The molecule has 0 unspecified atom stereocenters. The minimum Gasteiger partial charge on any atom is -0.497 e. The fourth-order valence-corrected chi connectivity index (χ4v) is 4.79. The number of pyridine rings is 1. The maximum absolute atomic E-state index is 14.0. The van der Waals surface area contributed by atoms with E-state index in [1.54, 1.807) is 31.2 Å². The topological polar surface area (TPSA) is 116 Å². The maximum Gasteiger partial charge on any atom is 0.423 e. The van der Waals surface area contributed by atoms with Crippen molar-refractivity contribution in [3.8, 4) is 5.75 Å². The number of anilines is 2. The van der Waals surface area contributed by atoms with E-state index in [-0.39, 0.29) is 44.4 Å². The number of halogens is 6. The van der Waals surface area contributed by atoms with Gasteiger partial charge in [0.1, 0.15) is 22.8 Å². The molecule has 1 amide bonds. The summed E-state index contributed by atoms with van der Waals surface area (Å²) in [6.07, 6.45) is -7.92. The highest BCUT2D eigenvalue weighted by Gasteiger charge is 2.38. The first-order valence-corrected chi connectivity index (χ1v) is 13.8. The van der Waals surface area contributed by atoms with Gasteiger partial charge in [0.25, 0.3) is 11.5 Å². The van der Waals surface area contributed by atoms with Crippen LogP contribution in [0.25, 0.3) is 0 Å². The van der Waals surface area contributed by atoms with Crippen LogP contribution in [0.5, 0.6) is 5.75 Å². The predicted octanol–water partition coefficient (Wildman–Crippen LogP) is 4.61. The van der Waals surface area contributed by atoms with Gasteiger partial charge in [0, 0.05) is 18.8 Å². The molecule has 0 aliphatic carbocycles. The molecule has 0 radical (unpaired) electrons. The van der Waals surface area contributed by atoms with E-state index in [9.17, 15) is 35.9 Å². The molecule has 1 aliphatic rings.